The van der Waals surface area contributed by atoms with Crippen LogP contribution >= 0.6 is 0 Å². The van der Waals surface area contributed by atoms with E-state index >= 15 is 0 Å². The van der Waals surface area contributed by atoms with E-state index in [0.29, 0.717) is 32.5 Å². The van der Waals surface area contributed by atoms with E-state index in [1.807, 2.05) is 6.92 Å². The van der Waals surface area contributed by atoms with Crippen LogP contribution in [0.1, 0.15) is 188 Å². The number of hydrogen-bond donors (Lipinski definition) is 4. The summed E-state index contributed by atoms with van der Waals surface area (Å²) in [5, 5.41) is 17.6. The predicted molar refractivity (Wildman–Crippen MR) is 239 cm³/mol. The van der Waals surface area contributed by atoms with Gasteiger partial charge in [-0.15, -0.1) is 0 Å². The van der Waals surface area contributed by atoms with Crippen LogP contribution in [-0.4, -0.2) is 112 Å². The molecular weight excluding hydrogens is 783 g/mol. The third kappa shape index (κ3) is 40.9. The van der Waals surface area contributed by atoms with E-state index in [4.69, 9.17) is 18.9 Å². The predicted octanol–water partition coefficient (Wildman–Crippen LogP) is 7.81. The van der Waals surface area contributed by atoms with Gasteiger partial charge in [0, 0.05) is 44.9 Å². The van der Waals surface area contributed by atoms with E-state index in [2.05, 4.69) is 22.9 Å². The zero-order valence-corrected chi connectivity index (χ0v) is 38.6. The SMILES string of the molecule is CCCCCCCCCCCCCCCCCCCC(=O)NC(CCC(=O)CCCOCCOCC(=O)NCCOCCOCC(=O)NCCCCC(CC)C(C)=O)C(=O)O. The van der Waals surface area contributed by atoms with Crippen LogP contribution in [-0.2, 0) is 47.7 Å². The number of carboxylic acids is 1. The number of nitrogens with one attached hydrogen (secondary N) is 3. The number of carboxylic acid groups (broad SMARTS) is 1. The van der Waals surface area contributed by atoms with Crippen LogP contribution in [0, 0.1) is 5.92 Å². The fourth-order valence-corrected chi connectivity index (χ4v) is 6.91. The molecule has 0 aliphatic heterocycles. The Morgan fingerprint density at radius 1 is 0.475 bits per heavy atom. The summed E-state index contributed by atoms with van der Waals surface area (Å²) in [5.41, 5.74) is 0. The van der Waals surface area contributed by atoms with Crippen LogP contribution in [0.25, 0.3) is 0 Å². The summed E-state index contributed by atoms with van der Waals surface area (Å²) in [7, 11) is 0. The van der Waals surface area contributed by atoms with Gasteiger partial charge in [0.1, 0.15) is 30.8 Å². The summed E-state index contributed by atoms with van der Waals surface area (Å²) in [6, 6.07) is -1.08. The Morgan fingerprint density at radius 3 is 1.48 bits per heavy atom. The number of ether oxygens (including phenoxy) is 4. The Hall–Kier alpha value is -2.94. The van der Waals surface area contributed by atoms with E-state index in [0.717, 1.165) is 44.9 Å². The van der Waals surface area contributed by atoms with Crippen LogP contribution in [0.2, 0.25) is 0 Å². The van der Waals surface area contributed by atoms with Crippen LogP contribution < -0.4 is 16.0 Å². The first kappa shape index (κ1) is 58.1. The number of amides is 3. The molecule has 14 nitrogen and oxygen atoms in total. The number of carbonyl (C=O) groups excluding carboxylic acids is 5. The molecule has 0 heterocycles. The first-order chi connectivity index (χ1) is 29.6. The molecule has 0 aliphatic rings. The van der Waals surface area contributed by atoms with Crippen LogP contribution in [0.3, 0.4) is 0 Å². The van der Waals surface area contributed by atoms with Gasteiger partial charge in [-0.05, 0) is 45.4 Å². The number of ketones is 2. The van der Waals surface area contributed by atoms with Gasteiger partial charge in [0.05, 0.1) is 33.0 Å². The molecule has 61 heavy (non-hydrogen) atoms. The van der Waals surface area contributed by atoms with E-state index in [1.54, 1.807) is 6.92 Å². The van der Waals surface area contributed by atoms with Gasteiger partial charge in [0.15, 0.2) is 0 Å². The highest BCUT2D eigenvalue weighted by molar-refractivity contribution is 5.84. The number of aliphatic carboxylic acids is 1. The monoisotopic (exact) mass is 870 g/mol. The molecular formula is C47H87N3O11. The minimum atomic E-state index is -1.13. The number of unbranched alkanes of at least 4 members (excludes halogenated alkanes) is 17. The lowest BCUT2D eigenvalue weighted by Gasteiger charge is -2.14. The molecule has 2 atom stereocenters. The van der Waals surface area contributed by atoms with Gasteiger partial charge in [-0.3, -0.25) is 24.0 Å². The van der Waals surface area contributed by atoms with Crippen molar-refractivity contribution in [1.82, 2.24) is 16.0 Å². The second-order valence-corrected chi connectivity index (χ2v) is 16.3. The molecule has 0 radical (unpaired) electrons. The molecule has 0 rings (SSSR count). The highest BCUT2D eigenvalue weighted by Crippen LogP contribution is 2.15. The number of rotatable bonds is 47. The average molecular weight is 870 g/mol. The summed E-state index contributed by atoms with van der Waals surface area (Å²) < 4.78 is 21.5. The van der Waals surface area contributed by atoms with Gasteiger partial charge in [0.25, 0.3) is 0 Å². The van der Waals surface area contributed by atoms with Gasteiger partial charge in [-0.2, -0.15) is 0 Å². The van der Waals surface area contributed by atoms with Gasteiger partial charge in [-0.25, -0.2) is 4.79 Å². The van der Waals surface area contributed by atoms with Gasteiger partial charge < -0.3 is 40.0 Å². The van der Waals surface area contributed by atoms with E-state index < -0.39 is 12.0 Å². The van der Waals surface area contributed by atoms with Gasteiger partial charge in [-0.1, -0.05) is 123 Å². The molecule has 0 aromatic rings. The third-order valence-corrected chi connectivity index (χ3v) is 10.7. The topological polar surface area (TPSA) is 196 Å². The lowest BCUT2D eigenvalue weighted by atomic mass is 9.95. The van der Waals surface area contributed by atoms with Crippen molar-refractivity contribution < 1.29 is 52.8 Å². The second kappa shape index (κ2) is 43.7. The summed E-state index contributed by atoms with van der Waals surface area (Å²) in [4.78, 5) is 71.6. The molecule has 4 N–H and O–H groups in total. The summed E-state index contributed by atoms with van der Waals surface area (Å²) >= 11 is 0. The number of hydrogen-bond acceptors (Lipinski definition) is 10. The van der Waals surface area contributed by atoms with Crippen LogP contribution in [0.4, 0.5) is 0 Å². The van der Waals surface area contributed by atoms with Crippen molar-refractivity contribution in [2.24, 2.45) is 5.92 Å². The highest BCUT2D eigenvalue weighted by Gasteiger charge is 2.21. The number of Topliss-reactive ketones (excluding diaryl/α,β-unsaturated/α-hetero) is 2. The maximum atomic E-state index is 12.4. The summed E-state index contributed by atoms with van der Waals surface area (Å²) in [6.45, 7) is 8.18. The maximum Gasteiger partial charge on any atom is 0.326 e. The van der Waals surface area contributed by atoms with E-state index in [9.17, 15) is 33.9 Å². The fraction of sp³-hybridized carbons (Fsp3) is 0.872. The molecule has 2 unspecified atom stereocenters. The molecule has 0 aromatic carbocycles. The largest absolute Gasteiger partial charge is 0.480 e. The zero-order chi connectivity index (χ0) is 45.0. The standard InChI is InChI=1S/C47H87N3O11/c1-4-6-7-8-9-10-11-12-13-14-15-16-17-18-19-20-21-27-44(53)50-43(47(56)57)29-28-42(52)26-24-32-58-34-36-60-39-46(55)49-31-33-59-35-37-61-38-45(54)48-30-23-22-25-41(5-2)40(3)51/h41,43H,4-39H2,1-3H3,(H,48,54)(H,49,55)(H,50,53)(H,56,57). The Balaban J connectivity index is 3.65. The molecule has 0 saturated heterocycles. The lowest BCUT2D eigenvalue weighted by molar-refractivity contribution is -0.142. The normalized spacial score (nSPS) is 12.2. The molecule has 356 valence electrons. The van der Waals surface area contributed by atoms with Crippen molar-refractivity contribution in [3.8, 4) is 0 Å². The maximum absolute atomic E-state index is 12.4. The quantitative estimate of drug-likeness (QED) is 0.0436. The minimum absolute atomic E-state index is 0.0546. The molecule has 0 aromatic heterocycles. The first-order valence-corrected chi connectivity index (χ1v) is 24.0. The number of carbonyl (C=O) groups is 6. The Kier molecular flexibility index (Phi) is 41.6. The molecule has 0 aliphatic carbocycles. The third-order valence-electron chi connectivity index (χ3n) is 10.7. The minimum Gasteiger partial charge on any atom is -0.480 e. The Morgan fingerprint density at radius 2 is 0.967 bits per heavy atom. The molecule has 0 bridgehead atoms. The average Bonchev–Trinajstić information content (AvgIpc) is 3.23. The van der Waals surface area contributed by atoms with Crippen molar-refractivity contribution in [2.75, 3.05) is 65.9 Å². The molecule has 14 heteroatoms. The summed E-state index contributed by atoms with van der Waals surface area (Å²) in [6.07, 6.45) is 26.0. The molecule has 0 fully saturated rings. The fourth-order valence-electron chi connectivity index (χ4n) is 6.91. The van der Waals surface area contributed by atoms with Crippen LogP contribution in [0.15, 0.2) is 0 Å². The van der Waals surface area contributed by atoms with Crippen LogP contribution in [0.5, 0.6) is 0 Å². The molecule has 0 saturated carbocycles. The smallest absolute Gasteiger partial charge is 0.326 e. The van der Waals surface area contributed by atoms with E-state index in [1.165, 1.54) is 89.9 Å². The Bertz CT molecular complexity index is 1120. The highest BCUT2D eigenvalue weighted by atomic mass is 16.5. The van der Waals surface area contributed by atoms with Gasteiger partial charge >= 0.3 is 5.97 Å². The van der Waals surface area contributed by atoms with Crippen molar-refractivity contribution in [2.45, 2.75) is 194 Å². The van der Waals surface area contributed by atoms with Crippen molar-refractivity contribution in [3.05, 3.63) is 0 Å². The van der Waals surface area contributed by atoms with Crippen molar-refractivity contribution >= 4 is 35.3 Å². The van der Waals surface area contributed by atoms with Gasteiger partial charge in [0.2, 0.25) is 17.7 Å². The first-order valence-electron chi connectivity index (χ1n) is 24.0. The Labute approximate surface area is 368 Å². The van der Waals surface area contributed by atoms with Crippen molar-refractivity contribution in [1.29, 1.82) is 0 Å². The lowest BCUT2D eigenvalue weighted by Crippen LogP contribution is -2.41. The summed E-state index contributed by atoms with van der Waals surface area (Å²) in [5.74, 6) is -1.66. The molecule has 3 amide bonds. The van der Waals surface area contributed by atoms with E-state index in [-0.39, 0.29) is 101 Å². The molecule has 0 spiro atoms. The zero-order valence-electron chi connectivity index (χ0n) is 38.6. The van der Waals surface area contributed by atoms with Crippen molar-refractivity contribution in [3.63, 3.8) is 0 Å². The second-order valence-electron chi connectivity index (χ2n) is 16.3.